The summed E-state index contributed by atoms with van der Waals surface area (Å²) < 4.78 is 0. The molecule has 0 spiro atoms. The SMILES string of the molecule is C=C(C)CC(O)Cc1ccc(C)c(C)c1. The smallest absolute Gasteiger partial charge is 0.0617 e. The van der Waals surface area contributed by atoms with E-state index in [4.69, 9.17) is 0 Å². The molecule has 0 amide bonds. The lowest BCUT2D eigenvalue weighted by atomic mass is 9.99. The van der Waals surface area contributed by atoms with E-state index >= 15 is 0 Å². The van der Waals surface area contributed by atoms with Gasteiger partial charge < -0.3 is 5.11 Å². The molecule has 1 rings (SSSR count). The van der Waals surface area contributed by atoms with Gasteiger partial charge in [-0.2, -0.15) is 0 Å². The first kappa shape index (κ1) is 12.0. The van der Waals surface area contributed by atoms with E-state index in [-0.39, 0.29) is 6.10 Å². The van der Waals surface area contributed by atoms with Gasteiger partial charge in [0.05, 0.1) is 6.10 Å². The summed E-state index contributed by atoms with van der Waals surface area (Å²) in [5, 5.41) is 9.77. The predicted octanol–water partition coefficient (Wildman–Crippen LogP) is 3.17. The minimum absolute atomic E-state index is 0.301. The molecule has 0 heterocycles. The van der Waals surface area contributed by atoms with Crippen LogP contribution in [0.1, 0.15) is 30.0 Å². The van der Waals surface area contributed by atoms with Gasteiger partial charge in [0.1, 0.15) is 0 Å². The van der Waals surface area contributed by atoms with E-state index in [1.165, 1.54) is 16.7 Å². The van der Waals surface area contributed by atoms with Crippen LogP contribution in [-0.4, -0.2) is 11.2 Å². The second-order valence-electron chi connectivity index (χ2n) is 4.44. The number of aliphatic hydroxyl groups is 1. The highest BCUT2D eigenvalue weighted by molar-refractivity contribution is 5.30. The molecule has 0 aliphatic heterocycles. The van der Waals surface area contributed by atoms with Gasteiger partial charge in [0.15, 0.2) is 0 Å². The number of hydrogen-bond acceptors (Lipinski definition) is 1. The van der Waals surface area contributed by atoms with E-state index in [1.807, 2.05) is 6.92 Å². The zero-order valence-electron chi connectivity index (χ0n) is 9.88. The predicted molar refractivity (Wildman–Crippen MR) is 65.1 cm³/mol. The lowest BCUT2D eigenvalue weighted by Crippen LogP contribution is -2.10. The van der Waals surface area contributed by atoms with Crippen molar-refractivity contribution in [2.75, 3.05) is 0 Å². The first-order valence-electron chi connectivity index (χ1n) is 5.37. The summed E-state index contributed by atoms with van der Waals surface area (Å²) in [5.74, 6) is 0. The molecular weight excluding hydrogens is 184 g/mol. The molecule has 1 atom stereocenters. The maximum absolute atomic E-state index is 9.77. The van der Waals surface area contributed by atoms with Gasteiger partial charge in [-0.1, -0.05) is 23.8 Å². The Hall–Kier alpha value is -1.08. The van der Waals surface area contributed by atoms with Crippen molar-refractivity contribution in [2.24, 2.45) is 0 Å². The summed E-state index contributed by atoms with van der Waals surface area (Å²) in [6.07, 6.45) is 1.10. The minimum atomic E-state index is -0.301. The Morgan fingerprint density at radius 2 is 2.00 bits per heavy atom. The van der Waals surface area contributed by atoms with E-state index in [1.54, 1.807) is 0 Å². The number of aryl methyl sites for hydroxylation is 2. The van der Waals surface area contributed by atoms with Crippen LogP contribution in [0.4, 0.5) is 0 Å². The third-order valence-electron chi connectivity index (χ3n) is 2.63. The van der Waals surface area contributed by atoms with Gasteiger partial charge in [0.2, 0.25) is 0 Å². The largest absolute Gasteiger partial charge is 0.392 e. The van der Waals surface area contributed by atoms with Gasteiger partial charge in [-0.15, -0.1) is 6.58 Å². The number of benzene rings is 1. The van der Waals surface area contributed by atoms with Crippen LogP contribution in [-0.2, 0) is 6.42 Å². The van der Waals surface area contributed by atoms with E-state index < -0.39 is 0 Å². The monoisotopic (exact) mass is 204 g/mol. The Balaban J connectivity index is 2.64. The standard InChI is InChI=1S/C14H20O/c1-10(2)7-14(15)9-13-6-5-11(3)12(4)8-13/h5-6,8,14-15H,1,7,9H2,2-4H3. The highest BCUT2D eigenvalue weighted by Gasteiger charge is 2.06. The third-order valence-corrected chi connectivity index (χ3v) is 2.63. The van der Waals surface area contributed by atoms with Gasteiger partial charge in [-0.05, 0) is 50.3 Å². The molecule has 1 unspecified atom stereocenters. The van der Waals surface area contributed by atoms with Crippen molar-refractivity contribution >= 4 is 0 Å². The molecule has 1 N–H and O–H groups in total. The third kappa shape index (κ3) is 3.88. The molecule has 0 saturated heterocycles. The second-order valence-corrected chi connectivity index (χ2v) is 4.44. The van der Waals surface area contributed by atoms with Crippen LogP contribution < -0.4 is 0 Å². The van der Waals surface area contributed by atoms with Gasteiger partial charge >= 0.3 is 0 Å². The molecule has 0 aromatic heterocycles. The Morgan fingerprint density at radius 1 is 1.33 bits per heavy atom. The Labute approximate surface area is 92.5 Å². The molecule has 15 heavy (non-hydrogen) atoms. The average Bonchev–Trinajstić information content (AvgIpc) is 2.10. The summed E-state index contributed by atoms with van der Waals surface area (Å²) >= 11 is 0. The molecule has 0 saturated carbocycles. The zero-order valence-corrected chi connectivity index (χ0v) is 9.88. The lowest BCUT2D eigenvalue weighted by Gasteiger charge is -2.11. The molecule has 1 heteroatoms. The Morgan fingerprint density at radius 3 is 2.53 bits per heavy atom. The quantitative estimate of drug-likeness (QED) is 0.747. The van der Waals surface area contributed by atoms with Crippen LogP contribution in [0.2, 0.25) is 0 Å². The van der Waals surface area contributed by atoms with Crippen molar-refractivity contribution in [3.63, 3.8) is 0 Å². The molecule has 0 bridgehead atoms. The first-order valence-corrected chi connectivity index (χ1v) is 5.37. The zero-order chi connectivity index (χ0) is 11.4. The van der Waals surface area contributed by atoms with E-state index in [2.05, 4.69) is 38.6 Å². The Kier molecular flexibility index (Phi) is 4.10. The number of rotatable bonds is 4. The fourth-order valence-electron chi connectivity index (χ4n) is 1.68. The number of hydrogen-bond donors (Lipinski definition) is 1. The second kappa shape index (κ2) is 5.13. The fourth-order valence-corrected chi connectivity index (χ4v) is 1.68. The molecule has 0 radical (unpaired) electrons. The highest BCUT2D eigenvalue weighted by Crippen LogP contribution is 2.13. The van der Waals surface area contributed by atoms with Crippen LogP contribution in [0.5, 0.6) is 0 Å². The van der Waals surface area contributed by atoms with Gasteiger partial charge in [-0.25, -0.2) is 0 Å². The summed E-state index contributed by atoms with van der Waals surface area (Å²) in [4.78, 5) is 0. The summed E-state index contributed by atoms with van der Waals surface area (Å²) in [5.41, 5.74) is 4.82. The fraction of sp³-hybridized carbons (Fsp3) is 0.429. The molecule has 0 aliphatic carbocycles. The molecule has 1 aromatic rings. The highest BCUT2D eigenvalue weighted by atomic mass is 16.3. The van der Waals surface area contributed by atoms with Crippen LogP contribution in [0.15, 0.2) is 30.4 Å². The van der Waals surface area contributed by atoms with Crippen molar-refractivity contribution in [3.05, 3.63) is 47.0 Å². The van der Waals surface area contributed by atoms with Crippen molar-refractivity contribution < 1.29 is 5.11 Å². The Bertz CT molecular complexity index is 352. The first-order chi connectivity index (χ1) is 6.99. The summed E-state index contributed by atoms with van der Waals surface area (Å²) in [6, 6.07) is 6.35. The topological polar surface area (TPSA) is 20.2 Å². The maximum atomic E-state index is 9.77. The lowest BCUT2D eigenvalue weighted by molar-refractivity contribution is 0.175. The van der Waals surface area contributed by atoms with Crippen molar-refractivity contribution in [2.45, 2.75) is 39.7 Å². The number of aliphatic hydroxyl groups excluding tert-OH is 1. The normalized spacial score (nSPS) is 12.5. The average molecular weight is 204 g/mol. The summed E-state index contributed by atoms with van der Waals surface area (Å²) in [6.45, 7) is 9.96. The van der Waals surface area contributed by atoms with Crippen LogP contribution in [0.3, 0.4) is 0 Å². The van der Waals surface area contributed by atoms with Gasteiger partial charge in [0.25, 0.3) is 0 Å². The van der Waals surface area contributed by atoms with Crippen LogP contribution >= 0.6 is 0 Å². The van der Waals surface area contributed by atoms with Crippen LogP contribution in [0, 0.1) is 13.8 Å². The molecule has 1 aromatic carbocycles. The van der Waals surface area contributed by atoms with Gasteiger partial charge in [0, 0.05) is 0 Å². The summed E-state index contributed by atoms with van der Waals surface area (Å²) in [7, 11) is 0. The van der Waals surface area contributed by atoms with Crippen LogP contribution in [0.25, 0.3) is 0 Å². The van der Waals surface area contributed by atoms with Crippen molar-refractivity contribution in [1.82, 2.24) is 0 Å². The van der Waals surface area contributed by atoms with E-state index in [0.717, 1.165) is 5.57 Å². The molecular formula is C14H20O. The van der Waals surface area contributed by atoms with Gasteiger partial charge in [-0.3, -0.25) is 0 Å². The maximum Gasteiger partial charge on any atom is 0.0617 e. The molecule has 0 fully saturated rings. The van der Waals surface area contributed by atoms with E-state index in [9.17, 15) is 5.11 Å². The van der Waals surface area contributed by atoms with Crippen molar-refractivity contribution in [1.29, 1.82) is 0 Å². The van der Waals surface area contributed by atoms with E-state index in [0.29, 0.717) is 12.8 Å². The molecule has 82 valence electrons. The minimum Gasteiger partial charge on any atom is -0.392 e. The molecule has 1 nitrogen and oxygen atoms in total. The van der Waals surface area contributed by atoms with Crippen molar-refractivity contribution in [3.8, 4) is 0 Å². The molecule has 0 aliphatic rings.